The quantitative estimate of drug-likeness (QED) is 0.573. The van der Waals surface area contributed by atoms with Crippen LogP contribution in [-0.2, 0) is 11.2 Å². The van der Waals surface area contributed by atoms with Crippen LogP contribution in [0.15, 0.2) is 28.7 Å². The van der Waals surface area contributed by atoms with Crippen molar-refractivity contribution in [3.63, 3.8) is 0 Å². The first-order valence-electron chi connectivity index (χ1n) is 7.43. The van der Waals surface area contributed by atoms with E-state index >= 15 is 0 Å². The number of thiazole rings is 1. The zero-order valence-electron chi connectivity index (χ0n) is 13.7. The van der Waals surface area contributed by atoms with Crippen molar-refractivity contribution in [3.05, 3.63) is 39.8 Å². The molecule has 1 amide bonds. The Hall–Kier alpha value is -2.55. The third kappa shape index (κ3) is 5.79. The minimum atomic E-state index is -3.00. The number of aromatic nitrogens is 1. The van der Waals surface area contributed by atoms with Gasteiger partial charge in [-0.25, -0.2) is 10.4 Å². The maximum absolute atomic E-state index is 12.6. The predicted molar refractivity (Wildman–Crippen MR) is 90.5 cm³/mol. The molecule has 2 rings (SSSR count). The van der Waals surface area contributed by atoms with Crippen LogP contribution in [0.5, 0.6) is 11.5 Å². The van der Waals surface area contributed by atoms with Crippen molar-refractivity contribution in [2.75, 3.05) is 6.61 Å². The lowest BCUT2D eigenvalue weighted by molar-refractivity contribution is -0.120. The Labute approximate surface area is 147 Å². The largest absolute Gasteiger partial charge is 0.490 e. The number of nitrogens with zero attached hydrogens (tertiary/aromatic N) is 2. The van der Waals surface area contributed by atoms with E-state index in [4.69, 9.17) is 4.74 Å². The smallest absolute Gasteiger partial charge is 0.387 e. The summed E-state index contributed by atoms with van der Waals surface area (Å²) >= 11 is 1.45. The highest BCUT2D eigenvalue weighted by molar-refractivity contribution is 7.09. The molecule has 0 spiro atoms. The van der Waals surface area contributed by atoms with Crippen molar-refractivity contribution in [2.45, 2.75) is 26.9 Å². The van der Waals surface area contributed by atoms with E-state index in [-0.39, 0.29) is 29.4 Å². The van der Waals surface area contributed by atoms with Crippen LogP contribution in [0.2, 0.25) is 0 Å². The fourth-order valence-electron chi connectivity index (χ4n) is 1.99. The molecular formula is C16H17F2N3O3S. The molecule has 9 heteroatoms. The van der Waals surface area contributed by atoms with Crippen LogP contribution in [0.3, 0.4) is 0 Å². The number of carbonyl (C=O) groups is 1. The van der Waals surface area contributed by atoms with E-state index in [1.54, 1.807) is 18.4 Å². The average Bonchev–Trinajstić information content (AvgIpc) is 2.95. The molecule has 1 aromatic heterocycles. The summed E-state index contributed by atoms with van der Waals surface area (Å²) in [5, 5.41) is 6.44. The topological polar surface area (TPSA) is 72.8 Å². The maximum Gasteiger partial charge on any atom is 0.387 e. The number of hydrogen-bond acceptors (Lipinski definition) is 6. The van der Waals surface area contributed by atoms with Crippen molar-refractivity contribution < 1.29 is 23.0 Å². The number of hydrazone groups is 1. The Morgan fingerprint density at radius 1 is 1.48 bits per heavy atom. The number of aryl methyl sites for hydroxylation is 1. The molecule has 0 aliphatic heterocycles. The third-order valence-electron chi connectivity index (χ3n) is 2.92. The number of hydrogen-bond donors (Lipinski definition) is 1. The molecule has 1 heterocycles. The third-order valence-corrected chi connectivity index (χ3v) is 3.74. The molecule has 134 valence electrons. The molecule has 0 aliphatic carbocycles. The van der Waals surface area contributed by atoms with E-state index < -0.39 is 6.61 Å². The first-order valence-corrected chi connectivity index (χ1v) is 8.31. The predicted octanol–water partition coefficient (Wildman–Crippen LogP) is 3.14. The first-order chi connectivity index (χ1) is 12.0. The molecule has 0 unspecified atom stereocenters. The van der Waals surface area contributed by atoms with Gasteiger partial charge < -0.3 is 9.47 Å². The molecule has 0 saturated heterocycles. The number of benzene rings is 1. The van der Waals surface area contributed by atoms with E-state index in [1.165, 1.54) is 29.7 Å². The molecular weight excluding hydrogens is 352 g/mol. The summed E-state index contributed by atoms with van der Waals surface area (Å²) in [5.74, 6) is -0.317. The van der Waals surface area contributed by atoms with Crippen LogP contribution in [0, 0.1) is 6.92 Å². The maximum atomic E-state index is 12.6. The van der Waals surface area contributed by atoms with Crippen LogP contribution in [-0.4, -0.2) is 30.3 Å². The van der Waals surface area contributed by atoms with Crippen molar-refractivity contribution in [3.8, 4) is 11.5 Å². The summed E-state index contributed by atoms with van der Waals surface area (Å²) in [6, 6.07) is 4.66. The fraction of sp³-hybridized carbons (Fsp3) is 0.312. The minimum absolute atomic E-state index is 0.0844. The number of alkyl halides is 2. The summed E-state index contributed by atoms with van der Waals surface area (Å²) in [4.78, 5) is 16.0. The van der Waals surface area contributed by atoms with Crippen LogP contribution < -0.4 is 14.9 Å². The Morgan fingerprint density at radius 2 is 2.28 bits per heavy atom. The van der Waals surface area contributed by atoms with E-state index in [2.05, 4.69) is 20.2 Å². The van der Waals surface area contributed by atoms with Gasteiger partial charge in [0.25, 0.3) is 0 Å². The molecule has 0 saturated carbocycles. The molecule has 0 aliphatic rings. The molecule has 0 atom stereocenters. The molecule has 1 aromatic carbocycles. The standard InChI is InChI=1S/C16H17F2N3O3S/c1-3-23-13-6-4-5-11(15(13)24-16(17)18)8-19-21-14(22)7-12-9-25-10(2)20-12/h4-6,8-9,16H,3,7H2,1-2H3,(H,21,22)/b19-8-. The average molecular weight is 369 g/mol. The SMILES string of the molecule is CCOc1cccc(/C=N\NC(=O)Cc2csc(C)n2)c1OC(F)F. The van der Waals surface area contributed by atoms with E-state index in [0.29, 0.717) is 12.3 Å². The summed E-state index contributed by atoms with van der Waals surface area (Å²) in [7, 11) is 0. The highest BCUT2D eigenvalue weighted by Crippen LogP contribution is 2.31. The molecule has 6 nitrogen and oxygen atoms in total. The molecule has 2 aromatic rings. The fourth-order valence-corrected chi connectivity index (χ4v) is 2.60. The molecule has 25 heavy (non-hydrogen) atoms. The second-order valence-electron chi connectivity index (χ2n) is 4.81. The van der Waals surface area contributed by atoms with Crippen LogP contribution >= 0.6 is 11.3 Å². The van der Waals surface area contributed by atoms with Gasteiger partial charge in [0, 0.05) is 10.9 Å². The second kappa shape index (κ2) is 9.07. The van der Waals surface area contributed by atoms with Gasteiger partial charge >= 0.3 is 6.61 Å². The molecule has 1 N–H and O–H groups in total. The highest BCUT2D eigenvalue weighted by Gasteiger charge is 2.14. The van der Waals surface area contributed by atoms with E-state index in [1.807, 2.05) is 6.92 Å². The first kappa shape index (κ1) is 18.8. The number of ether oxygens (including phenoxy) is 2. The Morgan fingerprint density at radius 3 is 2.92 bits per heavy atom. The summed E-state index contributed by atoms with van der Waals surface area (Å²) < 4.78 is 35.0. The molecule has 0 radical (unpaired) electrons. The zero-order chi connectivity index (χ0) is 18.2. The van der Waals surface area contributed by atoms with Crippen LogP contribution in [0.1, 0.15) is 23.2 Å². The van der Waals surface area contributed by atoms with Crippen LogP contribution in [0.4, 0.5) is 8.78 Å². The van der Waals surface area contributed by atoms with Gasteiger partial charge in [-0.15, -0.1) is 11.3 Å². The second-order valence-corrected chi connectivity index (χ2v) is 5.88. The minimum Gasteiger partial charge on any atom is -0.490 e. The van der Waals surface area contributed by atoms with Gasteiger partial charge in [0.05, 0.1) is 29.9 Å². The van der Waals surface area contributed by atoms with Gasteiger partial charge in [-0.1, -0.05) is 6.07 Å². The number of carbonyl (C=O) groups excluding carboxylic acids is 1. The lowest BCUT2D eigenvalue weighted by Crippen LogP contribution is -2.20. The van der Waals surface area contributed by atoms with Crippen molar-refractivity contribution >= 4 is 23.5 Å². The van der Waals surface area contributed by atoms with Gasteiger partial charge in [-0.2, -0.15) is 13.9 Å². The van der Waals surface area contributed by atoms with Gasteiger partial charge in [0.1, 0.15) is 0 Å². The molecule has 0 fully saturated rings. The van der Waals surface area contributed by atoms with Crippen LogP contribution in [0.25, 0.3) is 0 Å². The monoisotopic (exact) mass is 369 g/mol. The van der Waals surface area contributed by atoms with Crippen molar-refractivity contribution in [2.24, 2.45) is 5.10 Å². The zero-order valence-corrected chi connectivity index (χ0v) is 14.5. The van der Waals surface area contributed by atoms with Gasteiger partial charge in [0.15, 0.2) is 11.5 Å². The van der Waals surface area contributed by atoms with Crippen molar-refractivity contribution in [1.29, 1.82) is 0 Å². The number of para-hydroxylation sites is 1. The van der Waals surface area contributed by atoms with Crippen molar-refractivity contribution in [1.82, 2.24) is 10.4 Å². The van der Waals surface area contributed by atoms with E-state index in [0.717, 1.165) is 5.01 Å². The lowest BCUT2D eigenvalue weighted by atomic mass is 10.2. The number of amides is 1. The lowest BCUT2D eigenvalue weighted by Gasteiger charge is -2.13. The normalized spacial score (nSPS) is 11.1. The molecule has 0 bridgehead atoms. The summed E-state index contributed by atoms with van der Waals surface area (Å²) in [6.45, 7) is 0.869. The summed E-state index contributed by atoms with van der Waals surface area (Å²) in [6.07, 6.45) is 1.31. The van der Waals surface area contributed by atoms with E-state index in [9.17, 15) is 13.6 Å². The van der Waals surface area contributed by atoms with Gasteiger partial charge in [-0.3, -0.25) is 4.79 Å². The van der Waals surface area contributed by atoms with Gasteiger partial charge in [-0.05, 0) is 26.0 Å². The van der Waals surface area contributed by atoms with Gasteiger partial charge in [0.2, 0.25) is 5.91 Å². The Bertz CT molecular complexity index is 750. The summed E-state index contributed by atoms with van der Waals surface area (Å²) in [5.41, 5.74) is 3.24. The number of halogens is 2. The Kier molecular flexibility index (Phi) is 6.81. The number of rotatable bonds is 8. The highest BCUT2D eigenvalue weighted by atomic mass is 32.1. The number of nitrogens with one attached hydrogen (secondary N) is 1. The Balaban J connectivity index is 2.06.